The molecule has 1 saturated heterocycles. The molecule has 0 spiro atoms. The van der Waals surface area contributed by atoms with E-state index in [2.05, 4.69) is 53.1 Å². The Kier molecular flexibility index (Phi) is 15.7. The van der Waals surface area contributed by atoms with E-state index >= 15 is 0 Å². The molecular formula is C20H44IN5O. The molecular weight excluding hydrogens is 453 g/mol. The quantitative estimate of drug-likeness (QED) is 0.199. The van der Waals surface area contributed by atoms with E-state index in [1.54, 1.807) is 7.11 Å². The third-order valence-electron chi connectivity index (χ3n) is 5.19. The fraction of sp³-hybridized carbons (Fsp3) is 0.950. The van der Waals surface area contributed by atoms with Gasteiger partial charge in [0.05, 0.1) is 0 Å². The second kappa shape index (κ2) is 15.8. The van der Waals surface area contributed by atoms with Crippen LogP contribution in [0.1, 0.15) is 53.4 Å². The van der Waals surface area contributed by atoms with Crippen LogP contribution in [0, 0.1) is 0 Å². The zero-order chi connectivity index (χ0) is 19.4. The van der Waals surface area contributed by atoms with Crippen molar-refractivity contribution in [3.05, 3.63) is 0 Å². The summed E-state index contributed by atoms with van der Waals surface area (Å²) in [6, 6.07) is 1.73. The summed E-state index contributed by atoms with van der Waals surface area (Å²) in [7, 11) is 3.64. The lowest BCUT2D eigenvalue weighted by Gasteiger charge is -2.33. The second-order valence-electron chi connectivity index (χ2n) is 7.88. The number of hydrogen-bond acceptors (Lipinski definition) is 4. The van der Waals surface area contributed by atoms with Gasteiger partial charge in [-0.3, -0.25) is 9.89 Å². The minimum absolute atomic E-state index is 0. The maximum Gasteiger partial charge on any atom is 0.191 e. The Bertz CT molecular complexity index is 377. The lowest BCUT2D eigenvalue weighted by atomic mass is 10.1. The number of ether oxygens (including phenoxy) is 1. The van der Waals surface area contributed by atoms with E-state index in [1.165, 1.54) is 12.8 Å². The Morgan fingerprint density at radius 1 is 1.15 bits per heavy atom. The van der Waals surface area contributed by atoms with E-state index in [9.17, 15) is 0 Å². The fourth-order valence-electron chi connectivity index (χ4n) is 3.70. The van der Waals surface area contributed by atoms with Crippen molar-refractivity contribution in [2.24, 2.45) is 4.99 Å². The van der Waals surface area contributed by atoms with Crippen LogP contribution in [0.25, 0.3) is 0 Å². The first-order valence-electron chi connectivity index (χ1n) is 10.4. The highest BCUT2D eigenvalue weighted by molar-refractivity contribution is 14.0. The summed E-state index contributed by atoms with van der Waals surface area (Å²) < 4.78 is 5.14. The van der Waals surface area contributed by atoms with Gasteiger partial charge in [-0.2, -0.15) is 0 Å². The molecule has 0 bridgehead atoms. The van der Waals surface area contributed by atoms with Crippen LogP contribution in [-0.2, 0) is 4.74 Å². The molecule has 1 rings (SSSR count). The molecule has 2 N–H and O–H groups in total. The zero-order valence-corrected chi connectivity index (χ0v) is 20.8. The molecule has 0 saturated carbocycles. The Balaban J connectivity index is 0.00000676. The fourth-order valence-corrected chi connectivity index (χ4v) is 3.70. The van der Waals surface area contributed by atoms with Gasteiger partial charge in [0, 0.05) is 71.6 Å². The van der Waals surface area contributed by atoms with Crippen molar-refractivity contribution in [1.82, 2.24) is 20.4 Å². The van der Waals surface area contributed by atoms with Crippen LogP contribution in [0.4, 0.5) is 0 Å². The maximum atomic E-state index is 5.14. The molecule has 162 valence electrons. The number of piperidine rings is 1. The van der Waals surface area contributed by atoms with Gasteiger partial charge in [-0.15, -0.1) is 24.0 Å². The predicted octanol–water partition coefficient (Wildman–Crippen LogP) is 2.78. The highest BCUT2D eigenvalue weighted by Crippen LogP contribution is 2.10. The zero-order valence-electron chi connectivity index (χ0n) is 18.5. The van der Waals surface area contributed by atoms with E-state index in [0.717, 1.165) is 58.1 Å². The average molecular weight is 498 g/mol. The molecule has 0 radical (unpaired) electrons. The number of likely N-dealkylation sites (tertiary alicyclic amines) is 1. The van der Waals surface area contributed by atoms with E-state index in [1.807, 2.05) is 7.05 Å². The number of aliphatic imine (C=N–C) groups is 1. The van der Waals surface area contributed by atoms with Gasteiger partial charge in [0.25, 0.3) is 0 Å². The van der Waals surface area contributed by atoms with Crippen molar-refractivity contribution in [2.75, 3.05) is 53.5 Å². The van der Waals surface area contributed by atoms with Gasteiger partial charge in [0.1, 0.15) is 0 Å². The third-order valence-corrected chi connectivity index (χ3v) is 5.19. The number of rotatable bonds is 11. The van der Waals surface area contributed by atoms with Crippen LogP contribution >= 0.6 is 24.0 Å². The predicted molar refractivity (Wildman–Crippen MR) is 127 cm³/mol. The monoisotopic (exact) mass is 497 g/mol. The molecule has 0 amide bonds. The van der Waals surface area contributed by atoms with Crippen LogP contribution in [-0.4, -0.2) is 87.4 Å². The van der Waals surface area contributed by atoms with Gasteiger partial charge in [-0.25, -0.2) is 0 Å². The summed E-state index contributed by atoms with van der Waals surface area (Å²) in [5, 5.41) is 7.09. The molecule has 1 aliphatic heterocycles. The summed E-state index contributed by atoms with van der Waals surface area (Å²) in [5.41, 5.74) is 0. The number of hydrogen-bond donors (Lipinski definition) is 2. The Hall–Kier alpha value is -0.120. The summed E-state index contributed by atoms with van der Waals surface area (Å²) in [6.07, 6.45) is 4.63. The summed E-state index contributed by atoms with van der Waals surface area (Å²) in [4.78, 5) is 9.48. The van der Waals surface area contributed by atoms with Gasteiger partial charge in [-0.05, 0) is 53.4 Å². The van der Waals surface area contributed by atoms with Crippen molar-refractivity contribution in [2.45, 2.75) is 71.5 Å². The van der Waals surface area contributed by atoms with Crippen LogP contribution in [0.3, 0.4) is 0 Å². The smallest absolute Gasteiger partial charge is 0.191 e. The van der Waals surface area contributed by atoms with E-state index in [0.29, 0.717) is 18.1 Å². The molecule has 0 aromatic carbocycles. The van der Waals surface area contributed by atoms with Gasteiger partial charge in [-0.1, -0.05) is 0 Å². The van der Waals surface area contributed by atoms with E-state index < -0.39 is 0 Å². The average Bonchev–Trinajstić information content (AvgIpc) is 2.61. The number of guanidine groups is 1. The summed E-state index contributed by atoms with van der Waals surface area (Å²) in [6.45, 7) is 15.5. The van der Waals surface area contributed by atoms with Crippen LogP contribution in [0.15, 0.2) is 4.99 Å². The van der Waals surface area contributed by atoms with Crippen molar-refractivity contribution in [1.29, 1.82) is 0 Å². The molecule has 0 aliphatic carbocycles. The highest BCUT2D eigenvalue weighted by Gasteiger charge is 2.19. The molecule has 0 aromatic heterocycles. The molecule has 0 aromatic rings. The van der Waals surface area contributed by atoms with Gasteiger partial charge >= 0.3 is 0 Å². The molecule has 0 atom stereocenters. The van der Waals surface area contributed by atoms with Crippen LogP contribution in [0.5, 0.6) is 0 Å². The molecule has 0 unspecified atom stereocenters. The largest absolute Gasteiger partial charge is 0.385 e. The Morgan fingerprint density at radius 3 is 2.30 bits per heavy atom. The topological polar surface area (TPSA) is 52.1 Å². The summed E-state index contributed by atoms with van der Waals surface area (Å²) in [5.74, 6) is 0.948. The van der Waals surface area contributed by atoms with Crippen molar-refractivity contribution in [3.8, 4) is 0 Å². The number of nitrogens with one attached hydrogen (secondary N) is 2. The van der Waals surface area contributed by atoms with Gasteiger partial charge < -0.3 is 20.3 Å². The molecule has 27 heavy (non-hydrogen) atoms. The molecule has 6 nitrogen and oxygen atoms in total. The SMILES string of the molecule is CN=C(NCCCN(C(C)C)C(C)C)NC1CCN(CCCOC)CC1.I. The first-order valence-corrected chi connectivity index (χ1v) is 10.4. The maximum absolute atomic E-state index is 5.14. The Morgan fingerprint density at radius 2 is 1.78 bits per heavy atom. The number of methoxy groups -OCH3 is 1. The first kappa shape index (κ1) is 26.9. The number of halogens is 1. The standard InChI is InChI=1S/C20H43N5O.HI/c1-17(2)25(18(3)4)13-7-11-22-20(21-5)23-19-9-14-24(15-10-19)12-8-16-26-6;/h17-19H,7-16H2,1-6H3,(H2,21,22,23);1H. The number of nitrogens with zero attached hydrogens (tertiary/aromatic N) is 3. The Labute approximate surface area is 184 Å². The molecule has 1 aliphatic rings. The highest BCUT2D eigenvalue weighted by atomic mass is 127. The van der Waals surface area contributed by atoms with E-state index in [-0.39, 0.29) is 24.0 Å². The van der Waals surface area contributed by atoms with E-state index in [4.69, 9.17) is 4.74 Å². The minimum atomic E-state index is 0. The van der Waals surface area contributed by atoms with Crippen molar-refractivity contribution >= 4 is 29.9 Å². The van der Waals surface area contributed by atoms with Crippen LogP contribution < -0.4 is 10.6 Å². The second-order valence-corrected chi connectivity index (χ2v) is 7.88. The minimum Gasteiger partial charge on any atom is -0.385 e. The first-order chi connectivity index (χ1) is 12.5. The van der Waals surface area contributed by atoms with Crippen LogP contribution in [0.2, 0.25) is 0 Å². The van der Waals surface area contributed by atoms with Gasteiger partial charge in [0.2, 0.25) is 0 Å². The van der Waals surface area contributed by atoms with Crippen molar-refractivity contribution in [3.63, 3.8) is 0 Å². The third kappa shape index (κ3) is 11.5. The molecule has 7 heteroatoms. The summed E-state index contributed by atoms with van der Waals surface area (Å²) >= 11 is 0. The lowest BCUT2D eigenvalue weighted by molar-refractivity contribution is 0.155. The lowest BCUT2D eigenvalue weighted by Crippen LogP contribution is -2.49. The normalized spacial score (nSPS) is 16.9. The molecule has 1 fully saturated rings. The molecule has 1 heterocycles. The van der Waals surface area contributed by atoms with Gasteiger partial charge in [0.15, 0.2) is 5.96 Å². The van der Waals surface area contributed by atoms with Crippen molar-refractivity contribution < 1.29 is 4.74 Å².